The molecular weight excluding hydrogens is 1540 g/mol. The summed E-state index contributed by atoms with van der Waals surface area (Å²) in [5.41, 5.74) is 1.66. The van der Waals surface area contributed by atoms with E-state index in [0.29, 0.717) is 18.4 Å². The Morgan fingerprint density at radius 2 is 0.814 bits per heavy atom. The van der Waals surface area contributed by atoms with E-state index in [1.807, 2.05) is 6.92 Å². The number of alkyl carbamates (subject to hydrolysis) is 5. The van der Waals surface area contributed by atoms with Gasteiger partial charge in [-0.15, -0.1) is 0 Å². The average Bonchev–Trinajstić information content (AvgIpc) is 0.984. The minimum Gasteiger partial charge on any atom is -0.444 e. The van der Waals surface area contributed by atoms with Gasteiger partial charge in [-0.3, -0.25) is 52.7 Å². The monoisotopic (exact) mass is 1680 g/mol. The number of carbonyl (C=O) groups excluding carboxylic acids is 16. The Bertz CT molecular complexity index is 3510. The molecule has 13 atom stereocenters. The third kappa shape index (κ3) is 43.7. The zero-order chi connectivity index (χ0) is 89.8. The van der Waals surface area contributed by atoms with Crippen LogP contribution in [0.15, 0.2) is 30.3 Å². The van der Waals surface area contributed by atoms with Gasteiger partial charge in [-0.2, -0.15) is 0 Å². The van der Waals surface area contributed by atoms with Gasteiger partial charge in [0.1, 0.15) is 88.4 Å². The van der Waals surface area contributed by atoms with Crippen molar-refractivity contribution in [3.8, 4) is 0 Å². The Morgan fingerprint density at radius 3 is 1.21 bits per heavy atom. The number of nitrogens with one attached hydrogen (secondary N) is 16. The van der Waals surface area contributed by atoms with E-state index >= 15 is 19.2 Å². The Morgan fingerprint density at radius 1 is 0.449 bits per heavy atom. The fraction of sp³-hybridized carbons (Fsp3) is 0.718. The smallest absolute Gasteiger partial charge is 0.407 e. The molecule has 1 aromatic rings. The van der Waals surface area contributed by atoms with Crippen molar-refractivity contribution in [1.29, 1.82) is 0 Å². The first-order chi connectivity index (χ1) is 54.6. The zero-order valence-electron chi connectivity index (χ0n) is 72.0. The summed E-state index contributed by atoms with van der Waals surface area (Å²) in [5.74, 6) is -12.5. The average molecular weight is 1680 g/mol. The highest BCUT2D eigenvalue weighted by molar-refractivity contribution is 6.00. The molecule has 1 aliphatic rings. The highest BCUT2D eigenvalue weighted by Gasteiger charge is 2.40. The van der Waals surface area contributed by atoms with Crippen molar-refractivity contribution in [2.45, 2.75) is 316 Å². The van der Waals surface area contributed by atoms with Gasteiger partial charge in [0, 0.05) is 45.7 Å². The van der Waals surface area contributed by atoms with Crippen LogP contribution in [-0.4, -0.2) is 252 Å². The van der Waals surface area contributed by atoms with Gasteiger partial charge in [0.05, 0.1) is 18.2 Å². The lowest BCUT2D eigenvalue weighted by molar-refractivity contribution is -0.137. The number of aliphatic hydroxyl groups excluding tert-OH is 2. The van der Waals surface area contributed by atoms with Crippen molar-refractivity contribution in [2.75, 3.05) is 39.3 Å². The molecule has 0 radical (unpaired) electrons. The Hall–Kier alpha value is -10.4. The number of hydrogen-bond acceptors (Lipinski definition) is 24. The Labute approximate surface area is 691 Å². The largest absolute Gasteiger partial charge is 0.444 e. The lowest BCUT2D eigenvalue weighted by Crippen LogP contribution is -2.62. The molecule has 1 aliphatic heterocycles. The summed E-state index contributed by atoms with van der Waals surface area (Å²) in [7, 11) is 0. The second kappa shape index (κ2) is 49.1. The number of benzene rings is 1. The van der Waals surface area contributed by atoms with Crippen LogP contribution in [0.1, 0.15) is 208 Å². The molecule has 20 N–H and O–H groups in total. The number of rotatable bonds is 32. The molecular formula is C78H133N17O23. The molecule has 0 spiro atoms. The summed E-state index contributed by atoms with van der Waals surface area (Å²) in [6, 6.07) is -10.6. The van der Waals surface area contributed by atoms with Crippen LogP contribution in [-0.2, 0) is 82.8 Å². The molecule has 0 saturated carbocycles. The lowest BCUT2D eigenvalue weighted by Gasteiger charge is -2.29. The van der Waals surface area contributed by atoms with Gasteiger partial charge in [-0.05, 0) is 181 Å². The van der Waals surface area contributed by atoms with Crippen LogP contribution >= 0.6 is 0 Å². The maximum absolute atomic E-state index is 15.4. The summed E-state index contributed by atoms with van der Waals surface area (Å²) < 4.78 is 26.9. The van der Waals surface area contributed by atoms with Gasteiger partial charge in [0.2, 0.25) is 65.0 Å². The fourth-order valence-corrected chi connectivity index (χ4v) is 11.0. The Kier molecular flexibility index (Phi) is 43.2. The normalized spacial score (nSPS) is 20.1. The van der Waals surface area contributed by atoms with Crippen molar-refractivity contribution in [3.63, 3.8) is 0 Å². The number of unbranched alkanes of at least 4 members (excludes halogenated alkanes) is 1. The highest BCUT2D eigenvalue weighted by Crippen LogP contribution is 2.16. The number of nitrogens with two attached hydrogens (primary N) is 1. The minimum atomic E-state index is -1.98. The quantitative estimate of drug-likeness (QED) is 0.0437. The van der Waals surface area contributed by atoms with Gasteiger partial charge in [0.15, 0.2) is 0 Å². The van der Waals surface area contributed by atoms with Crippen LogP contribution in [0.25, 0.3) is 0 Å². The van der Waals surface area contributed by atoms with Crippen molar-refractivity contribution in [3.05, 3.63) is 35.9 Å². The molecule has 2 rings (SSSR count). The number of aliphatic hydroxyl groups is 2. The predicted molar refractivity (Wildman–Crippen MR) is 432 cm³/mol. The van der Waals surface area contributed by atoms with Crippen LogP contribution in [0, 0.1) is 5.92 Å². The van der Waals surface area contributed by atoms with E-state index in [2.05, 4.69) is 85.1 Å². The highest BCUT2D eigenvalue weighted by atomic mass is 16.6. The molecule has 668 valence electrons. The molecule has 40 heteroatoms. The minimum absolute atomic E-state index is 0.128. The topological polar surface area (TPSA) is 578 Å². The van der Waals surface area contributed by atoms with Gasteiger partial charge in [-0.25, -0.2) is 24.0 Å². The molecule has 0 bridgehead atoms. The third-order valence-corrected chi connectivity index (χ3v) is 16.6. The molecule has 0 unspecified atom stereocenters. The summed E-state index contributed by atoms with van der Waals surface area (Å²) in [6.45, 7) is 28.8. The number of carbonyl (C=O) groups is 16. The summed E-state index contributed by atoms with van der Waals surface area (Å²) in [4.78, 5) is 227. The number of amides is 16. The molecule has 1 aromatic carbocycles. The van der Waals surface area contributed by atoms with Crippen molar-refractivity contribution < 1.29 is 111 Å². The van der Waals surface area contributed by atoms with E-state index in [0.717, 1.165) is 13.8 Å². The van der Waals surface area contributed by atoms with E-state index in [9.17, 15) is 67.7 Å². The molecule has 1 fully saturated rings. The summed E-state index contributed by atoms with van der Waals surface area (Å²) in [6.07, 6.45) is -10.2. The SMILES string of the molecule is CCCC[C@H](N)C(=O)N[C@@H](CCNC(=O)OC(C)(C)C)C(=O)N[C@H](C(=O)N[C@@H](CCNC(=O)OC(C)(C)C)C(=O)N[C@H]1CCNC(=O)[C@H]([C@@H](C)O)NC(=O)[C@H](CCNC(=O)OC(C)(C)C)NC(=O)[C@H](CCNC(=O)OC(C)(C)C)NC(=O)[C@H](CC(C)C)NC(=O)[C@@H](Cc2ccccc2)NC(=O)[C@H](CCNC(=O)OC(C)(C)C)NC1=O)[C@@H](C)O. The van der Waals surface area contributed by atoms with Crippen LogP contribution < -0.4 is 90.8 Å². The first-order valence-corrected chi connectivity index (χ1v) is 39.9. The number of ether oxygens (including phenoxy) is 5. The molecule has 118 heavy (non-hydrogen) atoms. The Balaban J connectivity index is 3.12. The first kappa shape index (κ1) is 104. The molecule has 40 nitrogen and oxygen atoms in total. The molecule has 0 aromatic heterocycles. The second-order valence-electron chi connectivity index (χ2n) is 34.2. The van der Waals surface area contributed by atoms with Crippen molar-refractivity contribution >= 4 is 95.4 Å². The third-order valence-electron chi connectivity index (χ3n) is 16.6. The lowest BCUT2D eigenvalue weighted by atomic mass is 10.00. The first-order valence-electron chi connectivity index (χ1n) is 39.9. The second-order valence-corrected chi connectivity index (χ2v) is 34.2. The molecule has 1 heterocycles. The van der Waals surface area contributed by atoms with Crippen LogP contribution in [0.2, 0.25) is 0 Å². The zero-order valence-corrected chi connectivity index (χ0v) is 72.0. The molecule has 0 aliphatic carbocycles. The maximum Gasteiger partial charge on any atom is 0.407 e. The summed E-state index contributed by atoms with van der Waals surface area (Å²) >= 11 is 0. The fourth-order valence-electron chi connectivity index (χ4n) is 11.0. The number of hydrogen-bond donors (Lipinski definition) is 19. The summed E-state index contributed by atoms with van der Waals surface area (Å²) in [5, 5.41) is 62.9. The predicted octanol–water partition coefficient (Wildman–Crippen LogP) is 0.496. The maximum atomic E-state index is 15.4. The van der Waals surface area contributed by atoms with Gasteiger partial charge < -0.3 is 125 Å². The van der Waals surface area contributed by atoms with E-state index in [1.165, 1.54) is 0 Å². The standard InChI is InChI=1S/C78H133N17O23/c1-21-22-28-47(79)58(98)86-52(33-39-84-72(112)117-77(15,16)17)63(103)95-57(45(5)97)68(108)91-51(32-38-83-71(111)116-76(12,13)14)61(101)87-48-29-35-80-67(107)56(44(4)96)94-64(104)53(34-40-85-73(113)118-78(18,19)20)89-60(100)49(30-36-81-69(109)114-74(6,7)8)90-65(105)54(41-43(2)3)92-66(106)55(42-46-26-24-23-25-27-46)93-62(102)50(88-59(48)99)31-37-82-70(110)115-75(9,10)11/h23-27,43-45,47-57,96-97H,21-22,28-42,79H2,1-20H3,(H,80,107)(H,81,109)(H,82,110)(H,83,111)(H,84,112)(H,85,113)(H,86,98)(H,87,101)(H,88,99)(H,89,100)(H,90,105)(H,91,108)(H,92,106)(H,93,102)(H,94,104)(H,95,103)/t44-,45-,47+,48+,49+,50+,51+,52+,53+,54+,55-,56+,57+/m1/s1. The van der Waals surface area contributed by atoms with E-state index in [4.69, 9.17) is 29.4 Å². The van der Waals surface area contributed by atoms with E-state index in [1.54, 1.807) is 148 Å². The van der Waals surface area contributed by atoms with Gasteiger partial charge >= 0.3 is 30.5 Å². The molecule has 16 amide bonds. The van der Waals surface area contributed by atoms with Crippen molar-refractivity contribution in [2.24, 2.45) is 11.7 Å². The van der Waals surface area contributed by atoms with Gasteiger partial charge in [-0.1, -0.05) is 63.9 Å². The molecule has 1 saturated heterocycles. The van der Waals surface area contributed by atoms with Crippen LogP contribution in [0.4, 0.5) is 24.0 Å². The van der Waals surface area contributed by atoms with E-state index < -0.39 is 260 Å². The van der Waals surface area contributed by atoms with Gasteiger partial charge in [0.25, 0.3) is 0 Å². The van der Waals surface area contributed by atoms with E-state index in [-0.39, 0.29) is 44.7 Å². The van der Waals surface area contributed by atoms with Crippen LogP contribution in [0.5, 0.6) is 0 Å². The van der Waals surface area contributed by atoms with Crippen LogP contribution in [0.3, 0.4) is 0 Å². The van der Waals surface area contributed by atoms with Crippen molar-refractivity contribution in [1.82, 2.24) is 85.1 Å².